The number of carbonyl (C=O) groups is 2. The molecule has 0 N–H and O–H groups in total. The van der Waals surface area contributed by atoms with Gasteiger partial charge >= 0.3 is 0 Å². The van der Waals surface area contributed by atoms with Crippen molar-refractivity contribution in [3.8, 4) is 0 Å². The van der Waals surface area contributed by atoms with Crippen LogP contribution in [-0.4, -0.2) is 16.1 Å². The van der Waals surface area contributed by atoms with E-state index in [1.807, 2.05) is 43.3 Å². The Bertz CT molecular complexity index is 1370. The van der Waals surface area contributed by atoms with Crippen molar-refractivity contribution in [3.05, 3.63) is 82.9 Å². The van der Waals surface area contributed by atoms with Crippen LogP contribution in [-0.2, 0) is 11.3 Å². The van der Waals surface area contributed by atoms with Gasteiger partial charge < -0.3 is 4.57 Å². The Hall–Kier alpha value is -3.20. The average molecular weight is 438 g/mol. The minimum absolute atomic E-state index is 0.0335. The minimum Gasteiger partial charge on any atom is -0.340 e. The predicted molar refractivity (Wildman–Crippen MR) is 135 cm³/mol. The second-order valence-electron chi connectivity index (χ2n) is 9.50. The Morgan fingerprint density at radius 2 is 1.64 bits per heavy atom. The van der Waals surface area contributed by atoms with Gasteiger partial charge in [0.2, 0.25) is 0 Å². The van der Waals surface area contributed by atoms with Crippen molar-refractivity contribution in [2.45, 2.75) is 58.9 Å². The number of rotatable bonds is 6. The summed E-state index contributed by atoms with van der Waals surface area (Å²) in [7, 11) is 0. The Morgan fingerprint density at radius 3 is 2.33 bits per heavy atom. The minimum atomic E-state index is -0.149. The van der Waals surface area contributed by atoms with Crippen molar-refractivity contribution in [1.82, 2.24) is 4.57 Å². The Labute approximate surface area is 195 Å². The van der Waals surface area contributed by atoms with Crippen LogP contribution in [0.3, 0.4) is 0 Å². The van der Waals surface area contributed by atoms with Crippen molar-refractivity contribution in [2.24, 2.45) is 5.92 Å². The van der Waals surface area contributed by atoms with Gasteiger partial charge in [-0.25, -0.2) is 0 Å². The lowest BCUT2D eigenvalue weighted by Crippen LogP contribution is -2.18. The molecular formula is C30H31NO2. The number of para-hydroxylation sites is 1. The lowest BCUT2D eigenvalue weighted by atomic mass is 9.80. The molecule has 1 unspecified atom stereocenters. The highest BCUT2D eigenvalue weighted by molar-refractivity contribution is 6.21. The lowest BCUT2D eigenvalue weighted by Gasteiger charge is -2.22. The molecule has 0 bridgehead atoms. The van der Waals surface area contributed by atoms with E-state index >= 15 is 0 Å². The number of hydrogen-bond acceptors (Lipinski definition) is 2. The highest BCUT2D eigenvalue weighted by Crippen LogP contribution is 2.41. The fraction of sp³-hybridized carbons (Fsp3) is 0.333. The Balaban J connectivity index is 1.84. The molecule has 1 atom stereocenters. The molecule has 4 aromatic rings. The van der Waals surface area contributed by atoms with Gasteiger partial charge in [-0.1, -0.05) is 55.3 Å². The summed E-state index contributed by atoms with van der Waals surface area (Å²) in [4.78, 5) is 26.9. The summed E-state index contributed by atoms with van der Waals surface area (Å²) in [6, 6.07) is 20.4. The molecule has 0 radical (unpaired) electrons. The summed E-state index contributed by atoms with van der Waals surface area (Å²) in [5.74, 6) is 0.450. The van der Waals surface area contributed by atoms with E-state index in [9.17, 15) is 9.59 Å². The normalized spacial score (nSPS) is 15.4. The van der Waals surface area contributed by atoms with Gasteiger partial charge in [-0.15, -0.1) is 0 Å². The summed E-state index contributed by atoms with van der Waals surface area (Å²) in [6.07, 6.45) is 4.53. The largest absolute Gasteiger partial charge is 0.340 e. The SMILES string of the molecule is CCn1c2ccccc2c2cc(C(C(C)=O)C3CCCC3)cc(C(=O)c3ccccc3C)c21. The van der Waals surface area contributed by atoms with Crippen LogP contribution in [0.2, 0.25) is 0 Å². The highest BCUT2D eigenvalue weighted by Gasteiger charge is 2.32. The summed E-state index contributed by atoms with van der Waals surface area (Å²) < 4.78 is 2.25. The summed E-state index contributed by atoms with van der Waals surface area (Å²) in [5, 5.41) is 2.22. The maximum atomic E-state index is 14.0. The number of carbonyl (C=O) groups excluding carboxylic acids is 2. The topological polar surface area (TPSA) is 39.1 Å². The predicted octanol–water partition coefficient (Wildman–Crippen LogP) is 7.22. The van der Waals surface area contributed by atoms with Gasteiger partial charge in [0, 0.05) is 39.9 Å². The van der Waals surface area contributed by atoms with Crippen LogP contribution in [0.5, 0.6) is 0 Å². The van der Waals surface area contributed by atoms with E-state index < -0.39 is 0 Å². The Morgan fingerprint density at radius 1 is 0.939 bits per heavy atom. The highest BCUT2D eigenvalue weighted by atomic mass is 16.1. The van der Waals surface area contributed by atoms with Gasteiger partial charge in [-0.3, -0.25) is 9.59 Å². The number of aromatic nitrogens is 1. The molecule has 1 fully saturated rings. The first-order valence-corrected chi connectivity index (χ1v) is 12.2. The molecule has 1 heterocycles. The van der Waals surface area contributed by atoms with Gasteiger partial charge in [0.25, 0.3) is 0 Å². The fourth-order valence-corrected chi connectivity index (χ4v) is 5.99. The molecule has 0 aliphatic heterocycles. The van der Waals surface area contributed by atoms with E-state index in [1.165, 1.54) is 12.8 Å². The van der Waals surface area contributed by atoms with Crippen molar-refractivity contribution in [3.63, 3.8) is 0 Å². The van der Waals surface area contributed by atoms with Crippen LogP contribution in [0, 0.1) is 12.8 Å². The number of Topliss-reactive ketones (excluding diaryl/α,β-unsaturated/α-hetero) is 1. The molecule has 0 saturated heterocycles. The molecule has 1 saturated carbocycles. The summed E-state index contributed by atoms with van der Waals surface area (Å²) in [5.41, 5.74) is 5.51. The van der Waals surface area contributed by atoms with E-state index in [1.54, 1.807) is 6.92 Å². The smallest absolute Gasteiger partial charge is 0.195 e. The molecule has 3 aromatic carbocycles. The molecule has 1 aromatic heterocycles. The number of aryl methyl sites for hydroxylation is 2. The molecule has 3 heteroatoms. The van der Waals surface area contributed by atoms with E-state index in [2.05, 4.69) is 35.8 Å². The van der Waals surface area contributed by atoms with Gasteiger partial charge in [-0.2, -0.15) is 0 Å². The van der Waals surface area contributed by atoms with E-state index in [0.29, 0.717) is 11.5 Å². The molecule has 33 heavy (non-hydrogen) atoms. The average Bonchev–Trinajstić information content (AvgIpc) is 3.45. The van der Waals surface area contributed by atoms with Gasteiger partial charge in [-0.05, 0) is 68.9 Å². The molecule has 0 amide bonds. The quantitative estimate of drug-likeness (QED) is 0.299. The fourth-order valence-electron chi connectivity index (χ4n) is 5.99. The van der Waals surface area contributed by atoms with E-state index in [0.717, 1.165) is 57.9 Å². The third-order valence-electron chi connectivity index (χ3n) is 7.51. The molecule has 1 aliphatic rings. The van der Waals surface area contributed by atoms with Crippen molar-refractivity contribution in [1.29, 1.82) is 0 Å². The summed E-state index contributed by atoms with van der Waals surface area (Å²) >= 11 is 0. The van der Waals surface area contributed by atoms with Crippen molar-refractivity contribution >= 4 is 33.4 Å². The van der Waals surface area contributed by atoms with Crippen LogP contribution in [0.4, 0.5) is 0 Å². The first kappa shape index (κ1) is 21.6. The summed E-state index contributed by atoms with van der Waals surface area (Å²) in [6.45, 7) is 6.60. The number of benzene rings is 3. The molecule has 168 valence electrons. The first-order chi connectivity index (χ1) is 16.0. The van der Waals surface area contributed by atoms with Crippen LogP contribution < -0.4 is 0 Å². The zero-order valence-electron chi connectivity index (χ0n) is 19.7. The van der Waals surface area contributed by atoms with Crippen LogP contribution >= 0.6 is 0 Å². The monoisotopic (exact) mass is 437 g/mol. The van der Waals surface area contributed by atoms with Gasteiger partial charge in [0.1, 0.15) is 5.78 Å². The molecular weight excluding hydrogens is 406 g/mol. The zero-order valence-corrected chi connectivity index (χ0v) is 19.7. The second kappa shape index (κ2) is 8.62. The zero-order chi connectivity index (χ0) is 23.1. The number of nitrogens with zero attached hydrogens (tertiary/aromatic N) is 1. The van der Waals surface area contributed by atoms with E-state index in [4.69, 9.17) is 0 Å². The molecule has 1 aliphatic carbocycles. The molecule has 0 spiro atoms. The van der Waals surface area contributed by atoms with Crippen molar-refractivity contribution in [2.75, 3.05) is 0 Å². The van der Waals surface area contributed by atoms with E-state index in [-0.39, 0.29) is 17.5 Å². The maximum Gasteiger partial charge on any atom is 0.195 e. The third kappa shape index (κ3) is 3.60. The van der Waals surface area contributed by atoms with Crippen molar-refractivity contribution < 1.29 is 9.59 Å². The van der Waals surface area contributed by atoms with Crippen LogP contribution in [0.1, 0.15) is 72.5 Å². The standard InChI is InChI=1S/C30H31NO2/c1-4-31-27-16-10-9-15-24(27)25-17-22(28(20(3)32)21-12-6-7-13-21)18-26(29(25)31)30(33)23-14-8-5-11-19(23)2/h5,8-11,14-18,21,28H,4,6-7,12-13H2,1-3H3. The maximum absolute atomic E-state index is 14.0. The Kier molecular flexibility index (Phi) is 5.65. The van der Waals surface area contributed by atoms with Gasteiger partial charge in [0.05, 0.1) is 5.52 Å². The van der Waals surface area contributed by atoms with Crippen LogP contribution in [0.15, 0.2) is 60.7 Å². The number of ketones is 2. The van der Waals surface area contributed by atoms with Gasteiger partial charge in [0.15, 0.2) is 5.78 Å². The molecule has 5 rings (SSSR count). The third-order valence-corrected chi connectivity index (χ3v) is 7.51. The molecule has 3 nitrogen and oxygen atoms in total. The first-order valence-electron chi connectivity index (χ1n) is 12.2. The second-order valence-corrected chi connectivity index (χ2v) is 9.50. The lowest BCUT2D eigenvalue weighted by molar-refractivity contribution is -0.119. The van der Waals surface area contributed by atoms with Crippen LogP contribution in [0.25, 0.3) is 21.8 Å². The number of hydrogen-bond donors (Lipinski definition) is 0. The number of fused-ring (bicyclic) bond motifs is 3.